The molecule has 2 saturated heterocycles. The zero-order valence-electron chi connectivity index (χ0n) is 16.1. The fraction of sp³-hybridized carbons (Fsp3) is 0.333. The minimum Gasteiger partial charge on any atom is -0.406 e. The summed E-state index contributed by atoms with van der Waals surface area (Å²) in [5.41, 5.74) is 3.37. The van der Waals surface area contributed by atoms with Crippen molar-refractivity contribution >= 4 is 16.7 Å². The molecule has 6 nitrogen and oxygen atoms in total. The Kier molecular flexibility index (Phi) is 4.43. The number of ether oxygens (including phenoxy) is 1. The fourth-order valence-corrected chi connectivity index (χ4v) is 3.91. The van der Waals surface area contributed by atoms with Crippen molar-refractivity contribution < 1.29 is 17.9 Å². The Morgan fingerprint density at radius 3 is 2.47 bits per heavy atom. The van der Waals surface area contributed by atoms with E-state index in [2.05, 4.69) is 26.5 Å². The van der Waals surface area contributed by atoms with Gasteiger partial charge in [0.1, 0.15) is 5.75 Å². The fourth-order valence-electron chi connectivity index (χ4n) is 3.91. The van der Waals surface area contributed by atoms with Crippen LogP contribution in [-0.4, -0.2) is 47.3 Å². The highest BCUT2D eigenvalue weighted by Gasteiger charge is 2.33. The highest BCUT2D eigenvalue weighted by atomic mass is 19.4. The van der Waals surface area contributed by atoms with Crippen LogP contribution in [0.1, 0.15) is 11.6 Å². The van der Waals surface area contributed by atoms with E-state index in [4.69, 9.17) is 5.10 Å². The SMILES string of the molecule is C=CC1CN(c2ccnc3c2c(C2CNC2)nn3-c2ccc(OC(F)(F)F)cc2)C1. The third kappa shape index (κ3) is 3.28. The number of anilines is 1. The largest absolute Gasteiger partial charge is 0.573 e. The second-order valence-corrected chi connectivity index (χ2v) is 7.62. The summed E-state index contributed by atoms with van der Waals surface area (Å²) in [6, 6.07) is 7.69. The van der Waals surface area contributed by atoms with Crippen LogP contribution in [0, 0.1) is 5.92 Å². The number of hydrogen-bond acceptors (Lipinski definition) is 5. The standard InChI is InChI=1S/C21H20F3N5O/c1-2-13-11-28(12-13)17-7-8-26-20-18(17)19(14-9-25-10-14)27-29(20)15-3-5-16(6-4-15)30-21(22,23)24/h2-8,13-14,25H,1,9-12H2. The van der Waals surface area contributed by atoms with Crippen LogP contribution in [0.25, 0.3) is 16.7 Å². The monoisotopic (exact) mass is 415 g/mol. The Morgan fingerprint density at radius 1 is 1.13 bits per heavy atom. The van der Waals surface area contributed by atoms with Crippen molar-refractivity contribution in [3.8, 4) is 11.4 Å². The Balaban J connectivity index is 1.57. The molecule has 1 aromatic carbocycles. The van der Waals surface area contributed by atoms with Gasteiger partial charge in [0.2, 0.25) is 0 Å². The van der Waals surface area contributed by atoms with Crippen LogP contribution in [0.2, 0.25) is 0 Å². The Bertz CT molecular complexity index is 1080. The number of fused-ring (bicyclic) bond motifs is 1. The molecule has 0 saturated carbocycles. The van der Waals surface area contributed by atoms with E-state index in [0.29, 0.717) is 17.3 Å². The van der Waals surface area contributed by atoms with Crippen molar-refractivity contribution in [2.75, 3.05) is 31.1 Å². The molecule has 0 aliphatic carbocycles. The van der Waals surface area contributed by atoms with Crippen LogP contribution in [-0.2, 0) is 0 Å². The van der Waals surface area contributed by atoms with Gasteiger partial charge in [0, 0.05) is 44.2 Å². The van der Waals surface area contributed by atoms with Crippen molar-refractivity contribution in [1.29, 1.82) is 0 Å². The van der Waals surface area contributed by atoms with Gasteiger partial charge in [0.05, 0.1) is 22.5 Å². The van der Waals surface area contributed by atoms with E-state index in [9.17, 15) is 13.2 Å². The Morgan fingerprint density at radius 2 is 1.87 bits per heavy atom. The van der Waals surface area contributed by atoms with Crippen molar-refractivity contribution in [3.05, 3.63) is 54.9 Å². The highest BCUT2D eigenvalue weighted by Crippen LogP contribution is 2.38. The van der Waals surface area contributed by atoms with Gasteiger partial charge in [-0.15, -0.1) is 19.8 Å². The first-order chi connectivity index (χ1) is 14.4. The summed E-state index contributed by atoms with van der Waals surface area (Å²) in [7, 11) is 0. The van der Waals surface area contributed by atoms with Gasteiger partial charge in [-0.25, -0.2) is 9.67 Å². The van der Waals surface area contributed by atoms with Crippen LogP contribution in [0.15, 0.2) is 49.2 Å². The van der Waals surface area contributed by atoms with Crippen LogP contribution >= 0.6 is 0 Å². The van der Waals surface area contributed by atoms with Gasteiger partial charge in [0.25, 0.3) is 0 Å². The van der Waals surface area contributed by atoms with E-state index in [1.54, 1.807) is 23.0 Å². The van der Waals surface area contributed by atoms with Gasteiger partial charge < -0.3 is 15.0 Å². The molecule has 1 N–H and O–H groups in total. The van der Waals surface area contributed by atoms with Gasteiger partial charge in [-0.3, -0.25) is 0 Å². The number of alkyl halides is 3. The van der Waals surface area contributed by atoms with E-state index >= 15 is 0 Å². The van der Waals surface area contributed by atoms with E-state index in [0.717, 1.165) is 42.9 Å². The summed E-state index contributed by atoms with van der Waals surface area (Å²) in [6.45, 7) is 7.36. The number of nitrogens with one attached hydrogen (secondary N) is 1. The smallest absolute Gasteiger partial charge is 0.406 e. The van der Waals surface area contributed by atoms with E-state index in [1.807, 2.05) is 12.1 Å². The molecule has 0 atom stereocenters. The minimum atomic E-state index is -4.72. The average Bonchev–Trinajstić information content (AvgIpc) is 2.99. The number of rotatable bonds is 5. The maximum atomic E-state index is 12.5. The summed E-state index contributed by atoms with van der Waals surface area (Å²) >= 11 is 0. The molecule has 4 heterocycles. The quantitative estimate of drug-likeness (QED) is 0.645. The molecular weight excluding hydrogens is 395 g/mol. The molecule has 30 heavy (non-hydrogen) atoms. The van der Waals surface area contributed by atoms with Gasteiger partial charge in [0.15, 0.2) is 5.65 Å². The molecule has 0 unspecified atom stereocenters. The Hall–Kier alpha value is -3.07. The second-order valence-electron chi connectivity index (χ2n) is 7.62. The first kappa shape index (κ1) is 18.9. The van der Waals surface area contributed by atoms with E-state index in [1.165, 1.54) is 12.1 Å². The lowest BCUT2D eigenvalue weighted by molar-refractivity contribution is -0.274. The summed E-state index contributed by atoms with van der Waals surface area (Å²) in [4.78, 5) is 6.85. The molecule has 0 spiro atoms. The third-order valence-corrected chi connectivity index (χ3v) is 5.64. The van der Waals surface area contributed by atoms with Crippen molar-refractivity contribution in [2.24, 2.45) is 5.92 Å². The number of nitrogens with zero attached hydrogens (tertiary/aromatic N) is 4. The number of aromatic nitrogens is 3. The number of halogens is 3. The van der Waals surface area contributed by atoms with Gasteiger partial charge in [-0.1, -0.05) is 6.08 Å². The van der Waals surface area contributed by atoms with Crippen LogP contribution < -0.4 is 15.0 Å². The molecule has 0 bridgehead atoms. The molecule has 2 aromatic heterocycles. The van der Waals surface area contributed by atoms with Gasteiger partial charge >= 0.3 is 6.36 Å². The van der Waals surface area contributed by atoms with Crippen LogP contribution in [0.4, 0.5) is 18.9 Å². The van der Waals surface area contributed by atoms with Crippen molar-refractivity contribution in [1.82, 2.24) is 20.1 Å². The molecule has 156 valence electrons. The van der Waals surface area contributed by atoms with Gasteiger partial charge in [-0.05, 0) is 30.3 Å². The molecule has 2 fully saturated rings. The zero-order valence-corrected chi connectivity index (χ0v) is 16.1. The van der Waals surface area contributed by atoms with Crippen molar-refractivity contribution in [3.63, 3.8) is 0 Å². The molecule has 9 heteroatoms. The number of benzene rings is 1. The molecule has 0 radical (unpaired) electrons. The maximum Gasteiger partial charge on any atom is 0.573 e. The second kappa shape index (κ2) is 7.02. The molecular formula is C21H20F3N5O. The van der Waals surface area contributed by atoms with E-state index in [-0.39, 0.29) is 11.7 Å². The van der Waals surface area contributed by atoms with Gasteiger partial charge in [-0.2, -0.15) is 5.10 Å². The maximum absolute atomic E-state index is 12.5. The predicted octanol–water partition coefficient (Wildman–Crippen LogP) is 3.63. The Labute approximate surface area is 171 Å². The normalized spacial score (nSPS) is 17.6. The van der Waals surface area contributed by atoms with Crippen LogP contribution in [0.3, 0.4) is 0 Å². The minimum absolute atomic E-state index is 0.268. The first-order valence-electron chi connectivity index (χ1n) is 9.75. The lowest BCUT2D eigenvalue weighted by atomic mass is 9.94. The topological polar surface area (TPSA) is 55.2 Å². The lowest BCUT2D eigenvalue weighted by Crippen LogP contribution is -2.46. The summed E-state index contributed by atoms with van der Waals surface area (Å²) in [5.74, 6) is 0.482. The first-order valence-corrected chi connectivity index (χ1v) is 9.75. The summed E-state index contributed by atoms with van der Waals surface area (Å²) < 4.78 is 43.0. The van der Waals surface area contributed by atoms with Crippen molar-refractivity contribution in [2.45, 2.75) is 12.3 Å². The molecule has 2 aliphatic heterocycles. The number of hydrogen-bond donors (Lipinski definition) is 1. The molecule has 2 aliphatic rings. The highest BCUT2D eigenvalue weighted by molar-refractivity contribution is 5.94. The molecule has 0 amide bonds. The molecule has 5 rings (SSSR count). The summed E-state index contributed by atoms with van der Waals surface area (Å²) in [6.07, 6.45) is -0.998. The number of pyridine rings is 1. The molecule has 3 aromatic rings. The zero-order chi connectivity index (χ0) is 20.9. The van der Waals surface area contributed by atoms with E-state index < -0.39 is 6.36 Å². The average molecular weight is 415 g/mol. The third-order valence-electron chi connectivity index (χ3n) is 5.64. The summed E-state index contributed by atoms with van der Waals surface area (Å²) in [5, 5.41) is 9.11. The predicted molar refractivity (Wildman–Crippen MR) is 107 cm³/mol. The van der Waals surface area contributed by atoms with Crippen LogP contribution in [0.5, 0.6) is 5.75 Å². The lowest BCUT2D eigenvalue weighted by Gasteiger charge is -2.40.